The number of aryl methyl sites for hydroxylation is 3. The molecule has 1 fully saturated rings. The summed E-state index contributed by atoms with van der Waals surface area (Å²) in [6, 6.07) is 10.5. The number of rotatable bonds is 6. The third-order valence-corrected chi connectivity index (χ3v) is 6.97. The van der Waals surface area contributed by atoms with Gasteiger partial charge in [0.1, 0.15) is 11.6 Å². The van der Waals surface area contributed by atoms with Crippen LogP contribution in [0.15, 0.2) is 36.5 Å². The molecule has 2 aliphatic rings. The molecule has 0 N–H and O–H groups in total. The molecule has 4 heterocycles. The third kappa shape index (κ3) is 4.42. The Morgan fingerprint density at radius 1 is 1.06 bits per heavy atom. The van der Waals surface area contributed by atoms with Crippen molar-refractivity contribution in [3.63, 3.8) is 0 Å². The lowest BCUT2D eigenvalue weighted by Crippen LogP contribution is -2.38. The van der Waals surface area contributed by atoms with Gasteiger partial charge in [0.15, 0.2) is 0 Å². The predicted molar refractivity (Wildman–Crippen MR) is 128 cm³/mol. The molecule has 7 nitrogen and oxygen atoms in total. The van der Waals surface area contributed by atoms with Crippen LogP contribution in [0.1, 0.15) is 59.2 Å². The number of anilines is 1. The largest absolute Gasteiger partial charge is 0.296 e. The number of likely N-dealkylation sites (tertiary alicyclic amines) is 1. The quantitative estimate of drug-likeness (QED) is 0.580. The van der Waals surface area contributed by atoms with Crippen LogP contribution in [0.5, 0.6) is 0 Å². The Kier molecular flexibility index (Phi) is 5.98. The van der Waals surface area contributed by atoms with Crippen molar-refractivity contribution < 1.29 is 4.79 Å². The fraction of sp³-hybridized carbons (Fsp3) is 0.462. The van der Waals surface area contributed by atoms with Gasteiger partial charge in [-0.15, -0.1) is 0 Å². The maximum atomic E-state index is 12.9. The third-order valence-electron chi connectivity index (χ3n) is 6.97. The van der Waals surface area contributed by atoms with E-state index in [1.165, 1.54) is 11.1 Å². The second kappa shape index (κ2) is 9.06. The van der Waals surface area contributed by atoms with Crippen molar-refractivity contribution in [1.29, 1.82) is 0 Å². The summed E-state index contributed by atoms with van der Waals surface area (Å²) < 4.78 is 1.88. The highest BCUT2D eigenvalue weighted by Crippen LogP contribution is 2.35. The van der Waals surface area contributed by atoms with Crippen LogP contribution in [0.4, 0.5) is 5.82 Å². The number of hydrogen-bond acceptors (Lipinski definition) is 5. The molecular formula is C26H32N6O. The Balaban J connectivity index is 1.42. The fourth-order valence-corrected chi connectivity index (χ4v) is 5.20. The van der Waals surface area contributed by atoms with Crippen molar-refractivity contribution in [2.24, 2.45) is 7.05 Å². The number of carbonyl (C=O) groups is 1. The van der Waals surface area contributed by atoms with Crippen LogP contribution in [-0.4, -0.2) is 43.6 Å². The summed E-state index contributed by atoms with van der Waals surface area (Å²) in [6.07, 6.45) is 6.34. The van der Waals surface area contributed by atoms with Gasteiger partial charge in [-0.25, -0.2) is 9.97 Å². The standard InChI is InChI=1S/C26H32N6O/c1-18-21(16-30(3)29-18)17-31-14-7-10-23(31)25-27-19(2)22-11-12-24(33)32(26(22)28-25)15-13-20-8-5-4-6-9-20/h4-6,8-9,16,23H,7,10-15,17H2,1-3H3/t23-/m0/s1. The van der Waals surface area contributed by atoms with Crippen LogP contribution in [-0.2, 0) is 31.2 Å². The highest BCUT2D eigenvalue weighted by molar-refractivity contribution is 5.95. The Bertz CT molecular complexity index is 1160. The van der Waals surface area contributed by atoms with E-state index >= 15 is 0 Å². The van der Waals surface area contributed by atoms with E-state index in [-0.39, 0.29) is 11.9 Å². The summed E-state index contributed by atoms with van der Waals surface area (Å²) in [6.45, 7) is 6.65. The molecule has 0 aliphatic carbocycles. The van der Waals surface area contributed by atoms with Crippen molar-refractivity contribution >= 4 is 11.7 Å². The van der Waals surface area contributed by atoms with Crippen LogP contribution in [0.2, 0.25) is 0 Å². The molecule has 3 aromatic rings. The van der Waals surface area contributed by atoms with Gasteiger partial charge < -0.3 is 0 Å². The summed E-state index contributed by atoms with van der Waals surface area (Å²) in [5.74, 6) is 1.84. The highest BCUT2D eigenvalue weighted by atomic mass is 16.2. The number of benzene rings is 1. The minimum atomic E-state index is 0.164. The van der Waals surface area contributed by atoms with E-state index in [1.54, 1.807) is 0 Å². The van der Waals surface area contributed by atoms with E-state index in [0.29, 0.717) is 13.0 Å². The van der Waals surface area contributed by atoms with Gasteiger partial charge in [0, 0.05) is 49.6 Å². The SMILES string of the molecule is Cc1nn(C)cc1CN1CCC[C@H]1c1nc(C)c2c(n1)N(CCc1ccccc1)C(=O)CC2. The van der Waals surface area contributed by atoms with Crippen molar-refractivity contribution in [2.75, 3.05) is 18.0 Å². The zero-order valence-electron chi connectivity index (χ0n) is 19.8. The van der Waals surface area contributed by atoms with Gasteiger partial charge in [-0.3, -0.25) is 19.3 Å². The highest BCUT2D eigenvalue weighted by Gasteiger charge is 2.33. The minimum Gasteiger partial charge on any atom is -0.296 e. The maximum absolute atomic E-state index is 12.9. The van der Waals surface area contributed by atoms with Gasteiger partial charge in [-0.2, -0.15) is 5.10 Å². The summed E-state index contributed by atoms with van der Waals surface area (Å²) in [5, 5.41) is 4.50. The second-order valence-corrected chi connectivity index (χ2v) is 9.29. The van der Waals surface area contributed by atoms with Crippen molar-refractivity contribution in [3.05, 3.63) is 70.4 Å². The number of nitrogens with zero attached hydrogens (tertiary/aromatic N) is 6. The minimum absolute atomic E-state index is 0.164. The van der Waals surface area contributed by atoms with E-state index in [0.717, 1.165) is 67.4 Å². The lowest BCUT2D eigenvalue weighted by molar-refractivity contribution is -0.118. The molecule has 2 aliphatic heterocycles. The van der Waals surface area contributed by atoms with E-state index in [2.05, 4.69) is 42.2 Å². The summed E-state index contributed by atoms with van der Waals surface area (Å²) in [5.41, 5.74) is 5.69. The molecule has 33 heavy (non-hydrogen) atoms. The van der Waals surface area contributed by atoms with Crippen molar-refractivity contribution in [2.45, 2.75) is 58.5 Å². The normalized spacial score (nSPS) is 18.7. The molecule has 2 aromatic heterocycles. The smallest absolute Gasteiger partial charge is 0.228 e. The first kappa shape index (κ1) is 21.8. The summed E-state index contributed by atoms with van der Waals surface area (Å²) in [7, 11) is 1.97. The van der Waals surface area contributed by atoms with Gasteiger partial charge in [-0.1, -0.05) is 30.3 Å². The molecular weight excluding hydrogens is 412 g/mol. The van der Waals surface area contributed by atoms with Crippen molar-refractivity contribution in [1.82, 2.24) is 24.6 Å². The molecule has 1 atom stereocenters. The summed E-state index contributed by atoms with van der Waals surface area (Å²) >= 11 is 0. The van der Waals surface area contributed by atoms with Gasteiger partial charge in [0.2, 0.25) is 5.91 Å². The molecule has 0 spiro atoms. The second-order valence-electron chi connectivity index (χ2n) is 9.29. The lowest BCUT2D eigenvalue weighted by Gasteiger charge is -2.31. The molecule has 5 rings (SSSR count). The Morgan fingerprint density at radius 3 is 2.64 bits per heavy atom. The first-order valence-corrected chi connectivity index (χ1v) is 11.9. The average molecular weight is 445 g/mol. The van der Waals surface area contributed by atoms with Crippen LogP contribution in [0.25, 0.3) is 0 Å². The van der Waals surface area contributed by atoms with Crippen LogP contribution < -0.4 is 4.90 Å². The number of hydrogen-bond donors (Lipinski definition) is 0. The molecule has 1 amide bonds. The Hall–Kier alpha value is -3.06. The molecule has 1 aromatic carbocycles. The van der Waals surface area contributed by atoms with E-state index in [4.69, 9.17) is 9.97 Å². The monoisotopic (exact) mass is 444 g/mol. The Morgan fingerprint density at radius 2 is 1.88 bits per heavy atom. The van der Waals surface area contributed by atoms with E-state index in [9.17, 15) is 4.79 Å². The van der Waals surface area contributed by atoms with Crippen molar-refractivity contribution in [3.8, 4) is 0 Å². The topological polar surface area (TPSA) is 67.2 Å². The van der Waals surface area contributed by atoms with Gasteiger partial charge >= 0.3 is 0 Å². The maximum Gasteiger partial charge on any atom is 0.228 e. The molecule has 7 heteroatoms. The molecule has 0 radical (unpaired) electrons. The lowest BCUT2D eigenvalue weighted by atomic mass is 10.0. The number of amides is 1. The molecule has 0 bridgehead atoms. The molecule has 1 saturated heterocycles. The summed E-state index contributed by atoms with van der Waals surface area (Å²) in [4.78, 5) is 27.3. The van der Waals surface area contributed by atoms with Gasteiger partial charge in [0.05, 0.1) is 11.7 Å². The van der Waals surface area contributed by atoms with E-state index in [1.807, 2.05) is 34.8 Å². The first-order chi connectivity index (χ1) is 16.0. The number of carbonyl (C=O) groups excluding carboxylic acids is 1. The van der Waals surface area contributed by atoms with Gasteiger partial charge in [0.25, 0.3) is 0 Å². The molecule has 0 saturated carbocycles. The Labute approximate surface area is 195 Å². The average Bonchev–Trinajstić information content (AvgIpc) is 3.39. The van der Waals surface area contributed by atoms with Crippen LogP contribution >= 0.6 is 0 Å². The molecule has 172 valence electrons. The van der Waals surface area contributed by atoms with Crippen LogP contribution in [0.3, 0.4) is 0 Å². The predicted octanol–water partition coefficient (Wildman–Crippen LogP) is 3.69. The number of aromatic nitrogens is 4. The number of fused-ring (bicyclic) bond motifs is 1. The zero-order valence-corrected chi connectivity index (χ0v) is 19.8. The fourth-order valence-electron chi connectivity index (χ4n) is 5.20. The van der Waals surface area contributed by atoms with E-state index < -0.39 is 0 Å². The first-order valence-electron chi connectivity index (χ1n) is 11.9. The van der Waals surface area contributed by atoms with Gasteiger partial charge in [-0.05, 0) is 51.6 Å². The zero-order chi connectivity index (χ0) is 22.9. The van der Waals surface area contributed by atoms with Crippen LogP contribution in [0, 0.1) is 13.8 Å². The molecule has 0 unspecified atom stereocenters.